The number of aliphatic hydroxyl groups is 1. The second-order valence-corrected chi connectivity index (χ2v) is 5.33. The largest absolute Gasteiger partial charge is 0.392 e. The summed E-state index contributed by atoms with van der Waals surface area (Å²) in [5.41, 5.74) is 1.21. The Morgan fingerprint density at radius 2 is 1.91 bits per heavy atom. The van der Waals surface area contributed by atoms with Crippen molar-refractivity contribution in [3.63, 3.8) is 0 Å². The number of H-pyrrole nitrogens is 1. The molecule has 0 aliphatic rings. The van der Waals surface area contributed by atoms with Gasteiger partial charge in [0.05, 0.1) is 11.8 Å². The number of aliphatic hydroxyl groups excluding tert-OH is 1. The zero-order chi connectivity index (χ0) is 16.8. The quantitative estimate of drug-likeness (QED) is 0.651. The fraction of sp³-hybridized carbons (Fsp3) is 0.471. The molecule has 1 aromatic heterocycles. The number of benzene rings is 1. The lowest BCUT2D eigenvalue weighted by Crippen LogP contribution is -2.17. The van der Waals surface area contributed by atoms with Crippen molar-refractivity contribution in [3.05, 3.63) is 40.3 Å². The van der Waals surface area contributed by atoms with Gasteiger partial charge in [0.1, 0.15) is 0 Å². The van der Waals surface area contributed by atoms with Crippen LogP contribution in [0.25, 0.3) is 10.8 Å². The van der Waals surface area contributed by atoms with Gasteiger partial charge in [0.2, 0.25) is 0 Å². The minimum absolute atomic E-state index is 0.192. The third kappa shape index (κ3) is 4.54. The number of aromatic nitrogens is 1. The van der Waals surface area contributed by atoms with Gasteiger partial charge < -0.3 is 24.9 Å². The van der Waals surface area contributed by atoms with E-state index in [-0.39, 0.29) is 5.56 Å². The van der Waals surface area contributed by atoms with Crippen molar-refractivity contribution in [1.82, 2.24) is 4.98 Å². The molecule has 1 aromatic carbocycles. The number of ether oxygens (including phenoxy) is 2. The summed E-state index contributed by atoms with van der Waals surface area (Å²) in [6.07, 6.45) is -1.03. The third-order valence-corrected chi connectivity index (χ3v) is 3.36. The van der Waals surface area contributed by atoms with Gasteiger partial charge in [-0.1, -0.05) is 6.07 Å². The Hall–Kier alpha value is -1.89. The molecule has 0 spiro atoms. The molecule has 0 saturated carbocycles. The SMILES string of the molecule is CCOC(OCC)c1cc2ccc(NC[C@@H](C)O)cc2c(=O)[nH]1. The summed E-state index contributed by atoms with van der Waals surface area (Å²) < 4.78 is 11.1. The Kier molecular flexibility index (Phi) is 6.15. The third-order valence-electron chi connectivity index (χ3n) is 3.36. The van der Waals surface area contributed by atoms with Crippen LogP contribution in [0.1, 0.15) is 32.8 Å². The van der Waals surface area contributed by atoms with Crippen LogP contribution >= 0.6 is 0 Å². The number of anilines is 1. The molecule has 2 rings (SSSR count). The van der Waals surface area contributed by atoms with E-state index >= 15 is 0 Å². The number of nitrogens with one attached hydrogen (secondary N) is 2. The topological polar surface area (TPSA) is 83.6 Å². The lowest BCUT2D eigenvalue weighted by Gasteiger charge is -2.17. The second-order valence-electron chi connectivity index (χ2n) is 5.33. The van der Waals surface area contributed by atoms with Gasteiger partial charge >= 0.3 is 0 Å². The molecule has 3 N–H and O–H groups in total. The lowest BCUT2D eigenvalue weighted by atomic mass is 10.1. The molecular weight excluding hydrogens is 296 g/mol. The summed E-state index contributed by atoms with van der Waals surface area (Å²) in [6, 6.07) is 7.39. The number of fused-ring (bicyclic) bond motifs is 1. The molecule has 0 aliphatic heterocycles. The van der Waals surface area contributed by atoms with Crippen molar-refractivity contribution < 1.29 is 14.6 Å². The van der Waals surface area contributed by atoms with Crippen molar-refractivity contribution in [3.8, 4) is 0 Å². The monoisotopic (exact) mass is 320 g/mol. The summed E-state index contributed by atoms with van der Waals surface area (Å²) in [5, 5.41) is 13.8. The maximum absolute atomic E-state index is 12.4. The number of hydrogen-bond acceptors (Lipinski definition) is 5. The van der Waals surface area contributed by atoms with Crippen LogP contribution in [0, 0.1) is 0 Å². The van der Waals surface area contributed by atoms with Gasteiger partial charge in [0.15, 0.2) is 6.29 Å². The van der Waals surface area contributed by atoms with Gasteiger partial charge in [-0.3, -0.25) is 4.79 Å². The van der Waals surface area contributed by atoms with E-state index < -0.39 is 12.4 Å². The standard InChI is InChI=1S/C17H24N2O4/c1-4-22-17(23-5-2)15-8-12-6-7-13(18-10-11(3)20)9-14(12)16(21)19-15/h6-9,11,17-18,20H,4-5,10H2,1-3H3,(H,19,21)/t11-/m1/s1. The first-order valence-corrected chi connectivity index (χ1v) is 7.87. The minimum atomic E-state index is -0.574. The van der Waals surface area contributed by atoms with Crippen LogP contribution in [0.4, 0.5) is 5.69 Å². The van der Waals surface area contributed by atoms with E-state index in [1.165, 1.54) is 0 Å². The van der Waals surface area contributed by atoms with Crippen LogP contribution in [0.3, 0.4) is 0 Å². The van der Waals surface area contributed by atoms with Gasteiger partial charge in [0.25, 0.3) is 5.56 Å². The molecule has 0 amide bonds. The normalized spacial score (nSPS) is 12.7. The fourth-order valence-electron chi connectivity index (χ4n) is 2.31. The maximum atomic E-state index is 12.4. The Bertz CT molecular complexity index is 691. The van der Waals surface area contributed by atoms with Crippen LogP contribution in [-0.2, 0) is 9.47 Å². The Morgan fingerprint density at radius 3 is 2.52 bits per heavy atom. The summed E-state index contributed by atoms with van der Waals surface area (Å²) >= 11 is 0. The van der Waals surface area contributed by atoms with E-state index in [2.05, 4.69) is 10.3 Å². The molecule has 126 valence electrons. The first-order chi connectivity index (χ1) is 11.0. The van der Waals surface area contributed by atoms with Gasteiger partial charge in [-0.15, -0.1) is 0 Å². The first kappa shape index (κ1) is 17.5. The summed E-state index contributed by atoms with van der Waals surface area (Å²) in [6.45, 7) is 6.88. The van der Waals surface area contributed by atoms with E-state index in [4.69, 9.17) is 9.47 Å². The predicted molar refractivity (Wildman–Crippen MR) is 90.7 cm³/mol. The lowest BCUT2D eigenvalue weighted by molar-refractivity contribution is -0.142. The molecular formula is C17H24N2O4. The van der Waals surface area contributed by atoms with Crippen LogP contribution in [0.2, 0.25) is 0 Å². The summed E-state index contributed by atoms with van der Waals surface area (Å²) in [4.78, 5) is 15.2. The Morgan fingerprint density at radius 1 is 1.22 bits per heavy atom. The zero-order valence-corrected chi connectivity index (χ0v) is 13.8. The molecule has 23 heavy (non-hydrogen) atoms. The number of rotatable bonds is 8. The van der Waals surface area contributed by atoms with Crippen molar-refractivity contribution in [2.75, 3.05) is 25.1 Å². The van der Waals surface area contributed by atoms with Crippen LogP contribution in [0.5, 0.6) is 0 Å². The fourth-order valence-corrected chi connectivity index (χ4v) is 2.31. The predicted octanol–water partition coefficient (Wildman–Crippen LogP) is 2.39. The zero-order valence-electron chi connectivity index (χ0n) is 13.8. The molecule has 6 nitrogen and oxygen atoms in total. The highest BCUT2D eigenvalue weighted by atomic mass is 16.7. The van der Waals surface area contributed by atoms with Crippen LogP contribution in [-0.4, -0.2) is 36.0 Å². The molecule has 2 aromatic rings. The van der Waals surface area contributed by atoms with Gasteiger partial charge in [-0.25, -0.2) is 0 Å². The summed E-state index contributed by atoms with van der Waals surface area (Å²) in [7, 11) is 0. The van der Waals surface area contributed by atoms with Gasteiger partial charge in [0, 0.05) is 30.8 Å². The second kappa shape index (κ2) is 8.10. The highest BCUT2D eigenvalue weighted by molar-refractivity contribution is 5.85. The molecule has 0 bridgehead atoms. The van der Waals surface area contributed by atoms with Crippen LogP contribution in [0.15, 0.2) is 29.1 Å². The van der Waals surface area contributed by atoms with E-state index in [1.807, 2.05) is 32.0 Å². The molecule has 0 saturated heterocycles. The van der Waals surface area contributed by atoms with Crippen LogP contribution < -0.4 is 10.9 Å². The number of hydrogen-bond donors (Lipinski definition) is 3. The van der Waals surface area contributed by atoms with Gasteiger partial charge in [-0.05, 0) is 44.4 Å². The van der Waals surface area contributed by atoms with Crippen molar-refractivity contribution in [2.24, 2.45) is 0 Å². The molecule has 0 unspecified atom stereocenters. The highest BCUT2D eigenvalue weighted by Crippen LogP contribution is 2.21. The highest BCUT2D eigenvalue weighted by Gasteiger charge is 2.14. The van der Waals surface area contributed by atoms with Gasteiger partial charge in [-0.2, -0.15) is 0 Å². The number of pyridine rings is 1. The molecule has 6 heteroatoms. The minimum Gasteiger partial charge on any atom is -0.392 e. The average Bonchev–Trinajstić information content (AvgIpc) is 2.52. The molecule has 0 aliphatic carbocycles. The molecule has 1 heterocycles. The van der Waals surface area contributed by atoms with Crippen molar-refractivity contribution in [1.29, 1.82) is 0 Å². The van der Waals surface area contributed by atoms with E-state index in [0.29, 0.717) is 30.8 Å². The summed E-state index contributed by atoms with van der Waals surface area (Å²) in [5.74, 6) is 0. The molecule has 0 fully saturated rings. The Balaban J connectivity index is 2.35. The van der Waals surface area contributed by atoms with E-state index in [0.717, 1.165) is 11.1 Å². The number of aromatic amines is 1. The van der Waals surface area contributed by atoms with E-state index in [9.17, 15) is 9.90 Å². The van der Waals surface area contributed by atoms with E-state index in [1.54, 1.807) is 13.0 Å². The smallest absolute Gasteiger partial charge is 0.256 e. The van der Waals surface area contributed by atoms with Crippen molar-refractivity contribution in [2.45, 2.75) is 33.2 Å². The van der Waals surface area contributed by atoms with Crippen molar-refractivity contribution >= 4 is 16.5 Å². The molecule has 0 radical (unpaired) electrons. The Labute approximate surface area is 135 Å². The molecule has 1 atom stereocenters. The first-order valence-electron chi connectivity index (χ1n) is 7.87. The maximum Gasteiger partial charge on any atom is 0.256 e. The average molecular weight is 320 g/mol.